The van der Waals surface area contributed by atoms with Gasteiger partial charge in [0.15, 0.2) is 11.5 Å². The number of hydrogen-bond acceptors (Lipinski definition) is 5. The summed E-state index contributed by atoms with van der Waals surface area (Å²) in [6, 6.07) is 4.27. The number of benzene rings is 1. The van der Waals surface area contributed by atoms with Crippen LogP contribution in [0.2, 0.25) is 0 Å². The fraction of sp³-hybridized carbons (Fsp3) is 0.222. The number of hydrogen-bond donors (Lipinski definition) is 0. The van der Waals surface area contributed by atoms with Gasteiger partial charge in [-0.25, -0.2) is 0 Å². The number of rotatable bonds is 4. The van der Waals surface area contributed by atoms with Crippen LogP contribution in [0.25, 0.3) is 0 Å². The molecule has 0 fully saturated rings. The Morgan fingerprint density at radius 2 is 2.07 bits per heavy atom. The Morgan fingerprint density at radius 3 is 2.53 bits per heavy atom. The van der Waals surface area contributed by atoms with Crippen LogP contribution in [-0.4, -0.2) is 12.9 Å². The molecule has 1 atom stereocenters. The molecule has 1 unspecified atom stereocenters. The Balaban J connectivity index is 3.08. The zero-order valence-electron chi connectivity index (χ0n) is 8.22. The van der Waals surface area contributed by atoms with Crippen LogP contribution in [0.15, 0.2) is 18.2 Å². The van der Waals surface area contributed by atoms with Gasteiger partial charge in [0.2, 0.25) is 5.75 Å². The van der Waals surface area contributed by atoms with Gasteiger partial charge in [0.1, 0.15) is 0 Å². The molecule has 6 heteroatoms. The second-order valence-electron chi connectivity index (χ2n) is 2.74. The summed E-state index contributed by atoms with van der Waals surface area (Å²) in [6.07, 6.45) is 0. The molecule has 0 radical (unpaired) electrons. The highest BCUT2D eigenvalue weighted by Crippen LogP contribution is 2.32. The van der Waals surface area contributed by atoms with Crippen molar-refractivity contribution in [3.05, 3.63) is 23.8 Å². The molecule has 0 bridgehead atoms. The van der Waals surface area contributed by atoms with Crippen molar-refractivity contribution in [1.82, 2.24) is 0 Å². The van der Waals surface area contributed by atoms with Crippen LogP contribution in [0.5, 0.6) is 11.5 Å². The molecule has 0 saturated heterocycles. The lowest BCUT2D eigenvalue weighted by Crippen LogP contribution is -1.98. The average Bonchev–Trinajstić information content (AvgIpc) is 2.17. The van der Waals surface area contributed by atoms with E-state index in [2.05, 4.69) is 4.52 Å². The Bertz CT molecular complexity index is 401. The normalized spacial score (nSPS) is 10.7. The predicted molar refractivity (Wildman–Crippen MR) is 51.2 cm³/mol. The van der Waals surface area contributed by atoms with E-state index < -0.39 is 8.25 Å². The van der Waals surface area contributed by atoms with Crippen molar-refractivity contribution in [2.45, 2.75) is 6.92 Å². The maximum absolute atomic E-state index is 11.0. The SMILES string of the molecule is COc1cc(C(C)=O)ccc1O[P+](=O)[O-]. The van der Waals surface area contributed by atoms with Gasteiger partial charge in [-0.3, -0.25) is 9.32 Å². The smallest absolute Gasteiger partial charge is 0.539 e. The standard InChI is InChI=1S/C9H9O5P/c1-6(10)7-3-4-8(14-15(11)12)9(5-7)13-2/h3-5H,1-2H3. The maximum Gasteiger partial charge on any atom is 0.539 e. The van der Waals surface area contributed by atoms with Gasteiger partial charge in [-0.1, -0.05) is 0 Å². The molecule has 15 heavy (non-hydrogen) atoms. The molecule has 0 amide bonds. The monoisotopic (exact) mass is 228 g/mol. The van der Waals surface area contributed by atoms with E-state index in [-0.39, 0.29) is 17.3 Å². The third-order valence-electron chi connectivity index (χ3n) is 1.74. The third-order valence-corrected chi connectivity index (χ3v) is 2.09. The van der Waals surface area contributed by atoms with E-state index in [1.807, 2.05) is 0 Å². The summed E-state index contributed by atoms with van der Waals surface area (Å²) >= 11 is 0. The summed E-state index contributed by atoms with van der Waals surface area (Å²) in [5.74, 6) is 0.145. The van der Waals surface area contributed by atoms with Crippen LogP contribution in [-0.2, 0) is 4.57 Å². The largest absolute Gasteiger partial charge is 0.558 e. The van der Waals surface area contributed by atoms with Gasteiger partial charge in [0.25, 0.3) is 0 Å². The fourth-order valence-corrected chi connectivity index (χ4v) is 1.35. The number of Topliss-reactive ketones (excluding diaryl/α,β-unsaturated/α-hetero) is 1. The number of ether oxygens (including phenoxy) is 1. The van der Waals surface area contributed by atoms with Crippen molar-refractivity contribution >= 4 is 14.0 Å². The Kier molecular flexibility index (Phi) is 3.77. The van der Waals surface area contributed by atoms with Gasteiger partial charge in [-0.2, -0.15) is 0 Å². The summed E-state index contributed by atoms with van der Waals surface area (Å²) in [4.78, 5) is 21.4. The van der Waals surface area contributed by atoms with Crippen molar-refractivity contribution in [2.24, 2.45) is 0 Å². The first-order valence-corrected chi connectivity index (χ1v) is 5.15. The van der Waals surface area contributed by atoms with Gasteiger partial charge in [-0.15, -0.1) is 0 Å². The lowest BCUT2D eigenvalue weighted by molar-refractivity contribution is -0.178. The molecule has 0 N–H and O–H groups in total. The van der Waals surface area contributed by atoms with E-state index in [1.165, 1.54) is 32.2 Å². The van der Waals surface area contributed by atoms with Gasteiger partial charge in [-0.05, 0) is 29.7 Å². The van der Waals surface area contributed by atoms with Gasteiger partial charge >= 0.3 is 8.25 Å². The van der Waals surface area contributed by atoms with Crippen LogP contribution in [0.3, 0.4) is 0 Å². The molecule has 0 saturated carbocycles. The van der Waals surface area contributed by atoms with E-state index in [0.29, 0.717) is 5.56 Å². The lowest BCUT2D eigenvalue weighted by atomic mass is 10.1. The van der Waals surface area contributed by atoms with Gasteiger partial charge in [0, 0.05) is 5.56 Å². The molecule has 1 aromatic rings. The lowest BCUT2D eigenvalue weighted by Gasteiger charge is -2.05. The summed E-state index contributed by atoms with van der Waals surface area (Å²) in [5.41, 5.74) is 0.431. The van der Waals surface area contributed by atoms with Crippen LogP contribution in [0.4, 0.5) is 0 Å². The first-order valence-electron chi connectivity index (χ1n) is 4.06. The number of methoxy groups -OCH3 is 1. The van der Waals surface area contributed by atoms with Crippen LogP contribution >= 0.6 is 8.25 Å². The first-order chi connectivity index (χ1) is 7.04. The zero-order valence-corrected chi connectivity index (χ0v) is 9.11. The minimum atomic E-state index is -2.99. The molecule has 1 rings (SSSR count). The Labute approximate surface area is 87.6 Å². The highest BCUT2D eigenvalue weighted by molar-refractivity contribution is 7.31. The van der Waals surface area contributed by atoms with Crippen molar-refractivity contribution < 1.29 is 23.5 Å². The highest BCUT2D eigenvalue weighted by Gasteiger charge is 2.13. The second kappa shape index (κ2) is 4.87. The summed E-state index contributed by atoms with van der Waals surface area (Å²) in [6.45, 7) is 1.41. The summed E-state index contributed by atoms with van der Waals surface area (Å²) < 4.78 is 19.7. The van der Waals surface area contributed by atoms with Crippen molar-refractivity contribution in [3.8, 4) is 11.5 Å². The minimum absolute atomic E-state index is 0.0682. The van der Waals surface area contributed by atoms with Crippen LogP contribution < -0.4 is 14.2 Å². The molecule has 0 heterocycles. The van der Waals surface area contributed by atoms with Crippen molar-refractivity contribution in [1.29, 1.82) is 0 Å². The molecular formula is C9H9O5P. The number of ketones is 1. The quantitative estimate of drug-likeness (QED) is 0.573. The molecule has 0 spiro atoms. The predicted octanol–water partition coefficient (Wildman–Crippen LogP) is 1.29. The van der Waals surface area contributed by atoms with Crippen molar-refractivity contribution in [3.63, 3.8) is 0 Å². The van der Waals surface area contributed by atoms with E-state index in [0.717, 1.165) is 0 Å². The van der Waals surface area contributed by atoms with E-state index in [4.69, 9.17) is 4.74 Å². The Morgan fingerprint density at radius 1 is 1.40 bits per heavy atom. The molecule has 0 aliphatic carbocycles. The topological polar surface area (TPSA) is 75.7 Å². The molecule has 0 aliphatic rings. The first kappa shape index (κ1) is 11.6. The second-order valence-corrected chi connectivity index (χ2v) is 3.37. The van der Waals surface area contributed by atoms with Gasteiger partial charge in [0.05, 0.1) is 7.11 Å². The molecular weight excluding hydrogens is 219 g/mol. The van der Waals surface area contributed by atoms with E-state index >= 15 is 0 Å². The van der Waals surface area contributed by atoms with Crippen LogP contribution in [0.1, 0.15) is 17.3 Å². The molecule has 0 aromatic heterocycles. The van der Waals surface area contributed by atoms with E-state index in [9.17, 15) is 14.3 Å². The van der Waals surface area contributed by atoms with E-state index in [1.54, 1.807) is 0 Å². The Hall–Kier alpha value is -1.45. The highest BCUT2D eigenvalue weighted by atomic mass is 31.1. The summed E-state index contributed by atoms with van der Waals surface area (Å²) in [7, 11) is -1.62. The number of carbonyl (C=O) groups is 1. The van der Waals surface area contributed by atoms with Gasteiger partial charge < -0.3 is 9.63 Å². The molecule has 5 nitrogen and oxygen atoms in total. The number of carbonyl (C=O) groups excluding carboxylic acids is 1. The third kappa shape index (κ3) is 3.01. The average molecular weight is 228 g/mol. The fourth-order valence-electron chi connectivity index (χ4n) is 1.04. The molecule has 1 aromatic carbocycles. The maximum atomic E-state index is 11.0. The zero-order chi connectivity index (χ0) is 11.4. The minimum Gasteiger partial charge on any atom is -0.558 e. The summed E-state index contributed by atoms with van der Waals surface area (Å²) in [5, 5.41) is 0. The molecule has 80 valence electrons. The molecule has 0 aliphatic heterocycles. The van der Waals surface area contributed by atoms with Crippen LogP contribution in [0, 0.1) is 0 Å². The van der Waals surface area contributed by atoms with Crippen molar-refractivity contribution in [2.75, 3.05) is 7.11 Å².